The predicted octanol–water partition coefficient (Wildman–Crippen LogP) is 14.2. The van der Waals surface area contributed by atoms with Crippen LogP contribution in [-0.2, 0) is 31.9 Å². The van der Waals surface area contributed by atoms with Gasteiger partial charge in [-0.3, -0.25) is 19.4 Å². The first-order chi connectivity index (χ1) is 37.2. The van der Waals surface area contributed by atoms with E-state index in [0.717, 1.165) is 131 Å². The standard InChI is InChI=1S/C33H52N2O6.C31H48N2O4/c1-9-14-15-16-26-20-29(40-32(36)38-22-34(10-2)11-3)31(28-19-25(8)17-18-27(28)24(6)7)30(21-26)41-33(37)39-23-35(12-4)13-5;1-9-10-11-12-24-20-27(36-29(34)15-17-32(5)6)31(26-19-23(4)13-14-25(26)22(2)3)28(21-24)37-30(35)16-18-33(7)8/h19-21,27-28H,6,9-18,22-23H2,1-5,7-8H3;19-21,25-26H,2,9-18H2,1,3-8H3. The highest BCUT2D eigenvalue weighted by atomic mass is 16.7. The van der Waals surface area contributed by atoms with Crippen LogP contribution in [0.2, 0.25) is 0 Å². The van der Waals surface area contributed by atoms with Gasteiger partial charge in [-0.2, -0.15) is 0 Å². The quantitative estimate of drug-likeness (QED) is 0.0183. The highest BCUT2D eigenvalue weighted by Gasteiger charge is 2.35. The maximum atomic E-state index is 13.0. The van der Waals surface area contributed by atoms with Crippen molar-refractivity contribution in [1.29, 1.82) is 0 Å². The van der Waals surface area contributed by atoms with Crippen molar-refractivity contribution >= 4 is 24.2 Å². The first kappa shape index (κ1) is 67.0. The average Bonchev–Trinajstić information content (AvgIpc) is 3.39. The molecule has 14 nitrogen and oxygen atoms in total. The molecule has 0 aliphatic heterocycles. The molecule has 0 saturated carbocycles. The van der Waals surface area contributed by atoms with Crippen LogP contribution in [0.4, 0.5) is 9.59 Å². The molecule has 2 aromatic carbocycles. The lowest BCUT2D eigenvalue weighted by Crippen LogP contribution is -2.29. The second kappa shape index (κ2) is 35.4. The predicted molar refractivity (Wildman–Crippen MR) is 315 cm³/mol. The number of hydrogen-bond donors (Lipinski definition) is 0. The third-order valence-electron chi connectivity index (χ3n) is 14.8. The van der Waals surface area contributed by atoms with Crippen LogP contribution in [0.25, 0.3) is 0 Å². The molecule has 0 fully saturated rings. The van der Waals surface area contributed by atoms with E-state index >= 15 is 0 Å². The molecule has 0 aromatic heterocycles. The summed E-state index contributed by atoms with van der Waals surface area (Å²) >= 11 is 0. The zero-order valence-electron chi connectivity index (χ0n) is 50.6. The minimum atomic E-state index is -0.790. The van der Waals surface area contributed by atoms with Crippen molar-refractivity contribution in [2.75, 3.05) is 80.9 Å². The van der Waals surface area contributed by atoms with Gasteiger partial charge in [-0.25, -0.2) is 9.59 Å². The number of carbonyl (C=O) groups excluding carboxylic acids is 4. The second-order valence-corrected chi connectivity index (χ2v) is 21.9. The first-order valence-electron chi connectivity index (χ1n) is 29.0. The third kappa shape index (κ3) is 22.8. The number of carbonyl (C=O) groups is 4. The Bertz CT molecular complexity index is 2210. The van der Waals surface area contributed by atoms with Gasteiger partial charge in [0.25, 0.3) is 0 Å². The summed E-state index contributed by atoms with van der Waals surface area (Å²) in [5.74, 6) is 1.13. The van der Waals surface area contributed by atoms with E-state index in [1.165, 1.54) is 11.1 Å². The molecule has 0 bridgehead atoms. The molecule has 2 aliphatic rings. The molecular weight excluding hydrogens is 985 g/mol. The molecule has 78 heavy (non-hydrogen) atoms. The fraction of sp³-hybridized carbons (Fsp3) is 0.625. The summed E-state index contributed by atoms with van der Waals surface area (Å²) in [6.45, 7) is 33.7. The van der Waals surface area contributed by atoms with Crippen LogP contribution < -0.4 is 18.9 Å². The summed E-state index contributed by atoms with van der Waals surface area (Å²) in [6, 6.07) is 7.77. The average molecular weight is 1090 g/mol. The van der Waals surface area contributed by atoms with Gasteiger partial charge in [0, 0.05) is 36.1 Å². The van der Waals surface area contributed by atoms with Crippen molar-refractivity contribution in [2.45, 2.75) is 171 Å². The summed E-state index contributed by atoms with van der Waals surface area (Å²) in [4.78, 5) is 59.7. The van der Waals surface area contributed by atoms with E-state index in [1.807, 2.05) is 107 Å². The highest BCUT2D eigenvalue weighted by Crippen LogP contribution is 2.49. The van der Waals surface area contributed by atoms with Crippen LogP contribution in [0.3, 0.4) is 0 Å². The van der Waals surface area contributed by atoms with Crippen LogP contribution in [-0.4, -0.2) is 125 Å². The number of allylic oxidation sites excluding steroid dienone is 6. The highest BCUT2D eigenvalue weighted by molar-refractivity contribution is 5.76. The number of hydrogen-bond acceptors (Lipinski definition) is 14. The zero-order valence-corrected chi connectivity index (χ0v) is 50.6. The molecule has 14 heteroatoms. The summed E-state index contributed by atoms with van der Waals surface area (Å²) in [7, 11) is 7.74. The van der Waals surface area contributed by atoms with Crippen LogP contribution >= 0.6 is 0 Å². The molecule has 0 spiro atoms. The van der Waals surface area contributed by atoms with Crippen LogP contribution in [0.5, 0.6) is 23.0 Å². The number of esters is 2. The van der Waals surface area contributed by atoms with Gasteiger partial charge in [0.1, 0.15) is 36.5 Å². The van der Waals surface area contributed by atoms with Crippen LogP contribution in [0.15, 0.2) is 71.9 Å². The van der Waals surface area contributed by atoms with E-state index in [-0.39, 0.29) is 61.9 Å². The maximum Gasteiger partial charge on any atom is 0.515 e. The molecule has 0 saturated heterocycles. The van der Waals surface area contributed by atoms with Crippen molar-refractivity contribution in [2.24, 2.45) is 11.8 Å². The van der Waals surface area contributed by atoms with Gasteiger partial charge >= 0.3 is 24.2 Å². The SMILES string of the molecule is C=C(C)C1CCC(C)=CC1c1c(OC(=O)CCN(C)C)cc(CCCCC)cc1OC(=O)CCN(C)C.C=C(C)C1CCC(C)=CC1c1c(OC(=O)OCN(CC)CC)cc(CCCCC)cc1OC(=O)OCN(CC)CC. The van der Waals surface area contributed by atoms with E-state index < -0.39 is 12.3 Å². The molecule has 0 amide bonds. The van der Waals surface area contributed by atoms with E-state index in [2.05, 4.69) is 59.9 Å². The Hall–Kier alpha value is -5.28. The van der Waals surface area contributed by atoms with Gasteiger partial charge < -0.3 is 38.2 Å². The molecule has 4 atom stereocenters. The second-order valence-electron chi connectivity index (χ2n) is 21.9. The van der Waals surface area contributed by atoms with Gasteiger partial charge in [0.2, 0.25) is 0 Å². The number of ether oxygens (including phenoxy) is 6. The molecule has 0 heterocycles. The molecule has 0 N–H and O–H groups in total. The Labute approximate surface area is 470 Å². The molecule has 4 rings (SSSR count). The topological polar surface area (TPSA) is 137 Å². The van der Waals surface area contributed by atoms with Gasteiger partial charge in [0.05, 0.1) is 12.8 Å². The number of benzene rings is 2. The van der Waals surface area contributed by atoms with E-state index in [1.54, 1.807) is 0 Å². The van der Waals surface area contributed by atoms with Crippen molar-refractivity contribution in [3.63, 3.8) is 0 Å². The molecule has 436 valence electrons. The van der Waals surface area contributed by atoms with E-state index in [0.29, 0.717) is 41.7 Å². The summed E-state index contributed by atoms with van der Waals surface area (Å²) in [5.41, 5.74) is 7.97. The Morgan fingerprint density at radius 1 is 0.526 bits per heavy atom. The van der Waals surface area contributed by atoms with Gasteiger partial charge in [0.15, 0.2) is 0 Å². The normalized spacial score (nSPS) is 17.2. The minimum absolute atomic E-state index is 0.0794. The monoisotopic (exact) mass is 1080 g/mol. The number of nitrogens with zero attached hydrogens (tertiary/aromatic N) is 4. The summed E-state index contributed by atoms with van der Waals surface area (Å²) in [6.07, 6.45) is 15.2. The Kier molecular flexibility index (Phi) is 30.4. The fourth-order valence-corrected chi connectivity index (χ4v) is 9.88. The molecule has 2 aromatic rings. The fourth-order valence-electron chi connectivity index (χ4n) is 9.88. The van der Waals surface area contributed by atoms with Crippen LogP contribution in [0.1, 0.15) is 180 Å². The van der Waals surface area contributed by atoms with Crippen molar-refractivity contribution < 1.29 is 47.6 Å². The minimum Gasteiger partial charge on any atom is -0.426 e. The van der Waals surface area contributed by atoms with E-state index in [4.69, 9.17) is 28.4 Å². The number of rotatable bonds is 30. The van der Waals surface area contributed by atoms with Crippen molar-refractivity contribution in [3.8, 4) is 23.0 Å². The molecule has 4 unspecified atom stereocenters. The lowest BCUT2D eigenvalue weighted by atomic mass is 9.73. The van der Waals surface area contributed by atoms with E-state index in [9.17, 15) is 19.2 Å². The number of aryl methyl sites for hydroxylation is 2. The van der Waals surface area contributed by atoms with Crippen molar-refractivity contribution in [3.05, 3.63) is 94.1 Å². The number of unbranched alkanes of at least 4 members (excludes halogenated alkanes) is 4. The maximum absolute atomic E-state index is 13.0. The smallest absolute Gasteiger partial charge is 0.426 e. The summed E-state index contributed by atoms with van der Waals surface area (Å²) < 4.78 is 34.9. The van der Waals surface area contributed by atoms with Gasteiger partial charge in [-0.05, 0) is 181 Å². The lowest BCUT2D eigenvalue weighted by molar-refractivity contribution is -0.135. The van der Waals surface area contributed by atoms with Gasteiger partial charge in [-0.15, -0.1) is 0 Å². The Morgan fingerprint density at radius 2 is 0.859 bits per heavy atom. The molecule has 0 radical (unpaired) electrons. The largest absolute Gasteiger partial charge is 0.515 e. The summed E-state index contributed by atoms with van der Waals surface area (Å²) in [5, 5.41) is 0. The van der Waals surface area contributed by atoms with Crippen molar-refractivity contribution in [1.82, 2.24) is 19.6 Å². The molecule has 2 aliphatic carbocycles. The Balaban J connectivity index is 0.000000412. The Morgan fingerprint density at radius 3 is 1.15 bits per heavy atom. The lowest BCUT2D eigenvalue weighted by Gasteiger charge is -2.32. The van der Waals surface area contributed by atoms with Crippen LogP contribution in [0, 0.1) is 11.8 Å². The molecular formula is C64H100N4O10. The zero-order chi connectivity index (χ0) is 57.9. The third-order valence-corrected chi connectivity index (χ3v) is 14.8. The first-order valence-corrected chi connectivity index (χ1v) is 29.0. The van der Waals surface area contributed by atoms with Gasteiger partial charge in [-0.1, -0.05) is 115 Å².